The zero-order valence-corrected chi connectivity index (χ0v) is 10.2. The highest BCUT2D eigenvalue weighted by atomic mass is 16.2. The summed E-state index contributed by atoms with van der Waals surface area (Å²) in [6.07, 6.45) is 3.94. The minimum Gasteiger partial charge on any atom is -0.361 e. The maximum absolute atomic E-state index is 12.6. The summed E-state index contributed by atoms with van der Waals surface area (Å²) in [5, 5.41) is 0.991. The van der Waals surface area contributed by atoms with Gasteiger partial charge in [-0.1, -0.05) is 6.07 Å². The van der Waals surface area contributed by atoms with Gasteiger partial charge in [-0.05, 0) is 31.0 Å². The van der Waals surface area contributed by atoms with E-state index in [1.54, 1.807) is 0 Å². The van der Waals surface area contributed by atoms with Gasteiger partial charge in [0.15, 0.2) is 0 Å². The highest BCUT2D eigenvalue weighted by Crippen LogP contribution is 2.23. The minimum absolute atomic E-state index is 0.105. The molecule has 0 aliphatic carbocycles. The Morgan fingerprint density at radius 3 is 3.17 bits per heavy atom. The lowest BCUT2D eigenvalue weighted by atomic mass is 10.1. The number of fused-ring (bicyclic) bond motifs is 1. The third-order valence-electron chi connectivity index (χ3n) is 3.74. The summed E-state index contributed by atoms with van der Waals surface area (Å²) < 4.78 is 0. The molecule has 0 bridgehead atoms. The van der Waals surface area contributed by atoms with Gasteiger partial charge in [0.25, 0.3) is 5.91 Å². The average molecular weight is 243 g/mol. The van der Waals surface area contributed by atoms with Crippen molar-refractivity contribution in [3.63, 3.8) is 0 Å². The van der Waals surface area contributed by atoms with Gasteiger partial charge in [-0.2, -0.15) is 0 Å². The maximum Gasteiger partial charge on any atom is 0.254 e. The van der Waals surface area contributed by atoms with Gasteiger partial charge in [0.2, 0.25) is 0 Å². The van der Waals surface area contributed by atoms with E-state index in [1.807, 2.05) is 35.4 Å². The first-order valence-corrected chi connectivity index (χ1v) is 6.38. The molecular formula is C14H17N3O. The summed E-state index contributed by atoms with van der Waals surface area (Å²) in [6, 6.07) is 7.95. The summed E-state index contributed by atoms with van der Waals surface area (Å²) in [5.74, 6) is 0.105. The second-order valence-corrected chi connectivity index (χ2v) is 4.77. The number of nitrogens with one attached hydrogen (secondary N) is 1. The number of likely N-dealkylation sites (tertiary alicyclic amines) is 1. The Kier molecular flexibility index (Phi) is 2.80. The molecule has 4 heteroatoms. The number of aromatic amines is 1. The van der Waals surface area contributed by atoms with E-state index in [0.717, 1.165) is 35.9 Å². The van der Waals surface area contributed by atoms with E-state index in [2.05, 4.69) is 4.98 Å². The van der Waals surface area contributed by atoms with E-state index in [0.29, 0.717) is 6.54 Å². The first kappa shape index (κ1) is 11.3. The Labute approximate surface area is 106 Å². The summed E-state index contributed by atoms with van der Waals surface area (Å²) in [6.45, 7) is 1.37. The molecule has 1 aliphatic heterocycles. The molecular weight excluding hydrogens is 226 g/mol. The molecule has 0 spiro atoms. The van der Waals surface area contributed by atoms with E-state index in [4.69, 9.17) is 5.73 Å². The van der Waals surface area contributed by atoms with E-state index in [9.17, 15) is 4.79 Å². The summed E-state index contributed by atoms with van der Waals surface area (Å²) in [4.78, 5) is 17.6. The second kappa shape index (κ2) is 4.46. The molecule has 1 atom stereocenters. The molecule has 94 valence electrons. The maximum atomic E-state index is 12.6. The molecule has 1 amide bonds. The van der Waals surface area contributed by atoms with Crippen LogP contribution < -0.4 is 5.73 Å². The van der Waals surface area contributed by atoms with Crippen molar-refractivity contribution in [1.29, 1.82) is 0 Å². The number of H-pyrrole nitrogens is 1. The van der Waals surface area contributed by atoms with Crippen LogP contribution in [0.4, 0.5) is 0 Å². The normalized spacial score (nSPS) is 19.6. The molecule has 18 heavy (non-hydrogen) atoms. The topological polar surface area (TPSA) is 62.1 Å². The van der Waals surface area contributed by atoms with Crippen LogP contribution in [0.25, 0.3) is 10.9 Å². The molecule has 0 radical (unpaired) electrons. The quantitative estimate of drug-likeness (QED) is 0.843. The number of carbonyl (C=O) groups excluding carboxylic acids is 1. The second-order valence-electron chi connectivity index (χ2n) is 4.77. The van der Waals surface area contributed by atoms with Gasteiger partial charge in [-0.3, -0.25) is 4.79 Å². The van der Waals surface area contributed by atoms with E-state index < -0.39 is 0 Å². The summed E-state index contributed by atoms with van der Waals surface area (Å²) >= 11 is 0. The van der Waals surface area contributed by atoms with Crippen LogP contribution in [0, 0.1) is 0 Å². The Bertz CT molecular complexity index is 575. The largest absolute Gasteiger partial charge is 0.361 e. The summed E-state index contributed by atoms with van der Waals surface area (Å²) in [7, 11) is 0. The van der Waals surface area contributed by atoms with Crippen LogP contribution in [-0.4, -0.2) is 34.9 Å². The predicted molar refractivity (Wildman–Crippen MR) is 71.4 cm³/mol. The molecule has 1 unspecified atom stereocenters. The van der Waals surface area contributed by atoms with Crippen molar-refractivity contribution in [2.75, 3.05) is 13.1 Å². The van der Waals surface area contributed by atoms with Crippen molar-refractivity contribution in [2.24, 2.45) is 5.73 Å². The molecule has 1 aromatic heterocycles. The lowest BCUT2D eigenvalue weighted by Crippen LogP contribution is -2.39. The lowest BCUT2D eigenvalue weighted by Gasteiger charge is -2.23. The monoisotopic (exact) mass is 243 g/mol. The fraction of sp³-hybridized carbons (Fsp3) is 0.357. The van der Waals surface area contributed by atoms with Crippen molar-refractivity contribution in [2.45, 2.75) is 18.9 Å². The zero-order valence-electron chi connectivity index (χ0n) is 10.2. The Hall–Kier alpha value is -1.81. The number of hydrogen-bond acceptors (Lipinski definition) is 2. The van der Waals surface area contributed by atoms with Crippen LogP contribution in [0.5, 0.6) is 0 Å². The smallest absolute Gasteiger partial charge is 0.254 e. The number of benzene rings is 1. The summed E-state index contributed by atoms with van der Waals surface area (Å²) in [5.41, 5.74) is 7.51. The highest BCUT2D eigenvalue weighted by molar-refractivity contribution is 6.06. The first-order valence-electron chi connectivity index (χ1n) is 6.38. The number of rotatable bonds is 2. The molecule has 1 aromatic carbocycles. The molecule has 1 fully saturated rings. The van der Waals surface area contributed by atoms with Gasteiger partial charge in [-0.25, -0.2) is 0 Å². The predicted octanol–water partition coefficient (Wildman–Crippen LogP) is 1.73. The Morgan fingerprint density at radius 1 is 1.44 bits per heavy atom. The number of hydrogen-bond donors (Lipinski definition) is 2. The van der Waals surface area contributed by atoms with Gasteiger partial charge < -0.3 is 15.6 Å². The van der Waals surface area contributed by atoms with Gasteiger partial charge in [0, 0.05) is 41.8 Å². The first-order chi connectivity index (χ1) is 8.81. The van der Waals surface area contributed by atoms with Crippen molar-refractivity contribution >= 4 is 16.8 Å². The van der Waals surface area contributed by atoms with Crippen molar-refractivity contribution in [3.05, 3.63) is 36.0 Å². The zero-order chi connectivity index (χ0) is 12.5. The van der Waals surface area contributed by atoms with Crippen LogP contribution in [0.3, 0.4) is 0 Å². The van der Waals surface area contributed by atoms with Gasteiger partial charge in [-0.15, -0.1) is 0 Å². The lowest BCUT2D eigenvalue weighted by molar-refractivity contribution is 0.0743. The van der Waals surface area contributed by atoms with E-state index in [-0.39, 0.29) is 11.9 Å². The molecule has 1 saturated heterocycles. The molecule has 1 aliphatic rings. The van der Waals surface area contributed by atoms with Gasteiger partial charge >= 0.3 is 0 Å². The van der Waals surface area contributed by atoms with Crippen molar-refractivity contribution in [1.82, 2.24) is 9.88 Å². The van der Waals surface area contributed by atoms with Crippen molar-refractivity contribution < 1.29 is 4.79 Å². The minimum atomic E-state index is 0.105. The molecule has 3 N–H and O–H groups in total. The van der Waals surface area contributed by atoms with Crippen LogP contribution in [0.15, 0.2) is 30.5 Å². The molecule has 3 rings (SSSR count). The van der Waals surface area contributed by atoms with E-state index in [1.165, 1.54) is 0 Å². The van der Waals surface area contributed by atoms with Crippen LogP contribution in [0.1, 0.15) is 23.2 Å². The average Bonchev–Trinajstić information content (AvgIpc) is 3.05. The number of nitrogens with zero attached hydrogens (tertiary/aromatic N) is 1. The SMILES string of the molecule is NCC1CCCN1C(=O)c1cccc2[nH]ccc12. The standard InChI is InChI=1S/C14H17N3O/c15-9-10-3-2-8-17(10)14(18)12-4-1-5-13-11(12)6-7-16-13/h1,4-7,10,16H,2-3,8-9,15H2. The van der Waals surface area contributed by atoms with Crippen LogP contribution in [-0.2, 0) is 0 Å². The molecule has 2 heterocycles. The number of carbonyl (C=O) groups is 1. The molecule has 0 saturated carbocycles. The Balaban J connectivity index is 1.99. The third kappa shape index (κ3) is 1.69. The van der Waals surface area contributed by atoms with Crippen LogP contribution >= 0.6 is 0 Å². The van der Waals surface area contributed by atoms with Crippen molar-refractivity contribution in [3.8, 4) is 0 Å². The highest BCUT2D eigenvalue weighted by Gasteiger charge is 2.28. The molecule has 2 aromatic rings. The Morgan fingerprint density at radius 2 is 2.33 bits per heavy atom. The number of nitrogens with two attached hydrogens (primary N) is 1. The van der Waals surface area contributed by atoms with Crippen LogP contribution in [0.2, 0.25) is 0 Å². The van der Waals surface area contributed by atoms with Gasteiger partial charge in [0.05, 0.1) is 0 Å². The molecule has 4 nitrogen and oxygen atoms in total. The van der Waals surface area contributed by atoms with Gasteiger partial charge in [0.1, 0.15) is 0 Å². The fourth-order valence-corrected chi connectivity index (χ4v) is 2.77. The third-order valence-corrected chi connectivity index (χ3v) is 3.74. The van der Waals surface area contributed by atoms with E-state index >= 15 is 0 Å². The number of amides is 1. The number of aromatic nitrogens is 1. The fourth-order valence-electron chi connectivity index (χ4n) is 2.77.